The Bertz CT molecular complexity index is 1230. The van der Waals surface area contributed by atoms with Crippen LogP contribution in [-0.2, 0) is 37.5 Å². The molecular formula is C34H28Cl4FeP2Re-3. The van der Waals surface area contributed by atoms with Crippen molar-refractivity contribution in [2.45, 2.75) is 0 Å². The first-order chi connectivity index (χ1) is 17.9. The maximum absolute atomic E-state index is 2.23. The normalized spacial score (nSPS) is 9.19. The van der Waals surface area contributed by atoms with Crippen LogP contribution in [0.2, 0.25) is 0 Å². The number of halogens is 4. The molecule has 6 rings (SSSR count). The number of rotatable bonds is 6. The van der Waals surface area contributed by atoms with Crippen molar-refractivity contribution < 1.29 is 87.1 Å². The fourth-order valence-electron chi connectivity index (χ4n) is 4.23. The molecule has 0 bridgehead atoms. The van der Waals surface area contributed by atoms with E-state index in [2.05, 4.69) is 170 Å². The van der Waals surface area contributed by atoms with Crippen molar-refractivity contribution in [1.82, 2.24) is 0 Å². The molecule has 2 radical (unpaired) electrons. The summed E-state index contributed by atoms with van der Waals surface area (Å²) in [5, 5.41) is 8.47. The van der Waals surface area contributed by atoms with Gasteiger partial charge in [-0.3, -0.25) is 0 Å². The van der Waals surface area contributed by atoms with Gasteiger partial charge in [0.15, 0.2) is 0 Å². The van der Waals surface area contributed by atoms with Crippen molar-refractivity contribution in [3.63, 3.8) is 0 Å². The second-order valence-corrected chi connectivity index (χ2v) is 12.7. The molecule has 0 saturated carbocycles. The smallest absolute Gasteiger partial charge is 1.00 e. The average molecular weight is 882 g/mol. The average Bonchev–Trinajstić information content (AvgIpc) is 3.68. The van der Waals surface area contributed by atoms with Crippen molar-refractivity contribution in [3.8, 4) is 0 Å². The minimum absolute atomic E-state index is 0. The van der Waals surface area contributed by atoms with Crippen LogP contribution in [0, 0.1) is 0 Å². The molecule has 0 unspecified atom stereocenters. The van der Waals surface area contributed by atoms with Gasteiger partial charge in [0.05, 0.1) is 0 Å². The third kappa shape index (κ3) is 11.7. The molecule has 8 heteroatoms. The third-order valence-electron chi connectivity index (χ3n) is 5.86. The van der Waals surface area contributed by atoms with Crippen LogP contribution in [0.5, 0.6) is 0 Å². The molecule has 0 aliphatic carbocycles. The minimum atomic E-state index is -0.409. The summed E-state index contributed by atoms with van der Waals surface area (Å²) < 4.78 is 0. The van der Waals surface area contributed by atoms with E-state index in [-0.39, 0.29) is 87.1 Å². The zero-order valence-electron chi connectivity index (χ0n) is 22.3. The summed E-state index contributed by atoms with van der Waals surface area (Å²) in [4.78, 5) is 0. The molecule has 0 N–H and O–H groups in total. The van der Waals surface area contributed by atoms with E-state index < -0.39 is 15.8 Å². The van der Waals surface area contributed by atoms with Crippen molar-refractivity contribution in [3.05, 3.63) is 170 Å². The van der Waals surface area contributed by atoms with Gasteiger partial charge in [-0.25, -0.2) is 24.3 Å². The molecule has 42 heavy (non-hydrogen) atoms. The van der Waals surface area contributed by atoms with Gasteiger partial charge < -0.3 is 49.6 Å². The molecule has 0 aliphatic heterocycles. The van der Waals surface area contributed by atoms with E-state index in [1.54, 1.807) is 0 Å². The maximum Gasteiger partial charge on any atom is 3.00 e. The largest absolute Gasteiger partial charge is 3.00 e. The van der Waals surface area contributed by atoms with E-state index in [0.717, 1.165) is 0 Å². The molecule has 0 heterocycles. The Kier molecular flexibility index (Phi) is 23.7. The summed E-state index contributed by atoms with van der Waals surface area (Å²) >= 11 is 0. The van der Waals surface area contributed by atoms with E-state index in [1.165, 1.54) is 31.8 Å². The van der Waals surface area contributed by atoms with E-state index in [0.29, 0.717) is 0 Å². The Hall–Kier alpha value is -1.22. The Labute approximate surface area is 302 Å². The summed E-state index contributed by atoms with van der Waals surface area (Å²) in [6, 6.07) is 60.5. The van der Waals surface area contributed by atoms with Gasteiger partial charge >= 0.3 is 17.1 Å². The fourth-order valence-corrected chi connectivity index (χ4v) is 8.84. The molecule has 0 atom stereocenters. The Morgan fingerprint density at radius 1 is 0.333 bits per heavy atom. The van der Waals surface area contributed by atoms with Crippen LogP contribution in [0.15, 0.2) is 170 Å². The van der Waals surface area contributed by atoms with E-state index in [4.69, 9.17) is 0 Å². The molecule has 0 spiro atoms. The number of hydrogen-bond donors (Lipinski definition) is 0. The second-order valence-electron chi connectivity index (χ2n) is 8.30. The molecule has 0 fully saturated rings. The summed E-state index contributed by atoms with van der Waals surface area (Å²) in [5.74, 6) is 0. The van der Waals surface area contributed by atoms with Crippen LogP contribution in [0.1, 0.15) is 0 Å². The van der Waals surface area contributed by atoms with Gasteiger partial charge in [0.1, 0.15) is 0 Å². The predicted molar refractivity (Wildman–Crippen MR) is 161 cm³/mol. The van der Waals surface area contributed by atoms with Crippen LogP contribution in [-0.4, -0.2) is 0 Å². The Morgan fingerprint density at radius 3 is 0.762 bits per heavy atom. The topological polar surface area (TPSA) is 0 Å². The van der Waals surface area contributed by atoms with Gasteiger partial charge in [0.25, 0.3) is 0 Å². The molecule has 220 valence electrons. The fraction of sp³-hybridized carbons (Fsp3) is 0. The maximum atomic E-state index is 2.23. The van der Waals surface area contributed by atoms with E-state index in [9.17, 15) is 0 Å². The first-order valence-corrected chi connectivity index (χ1v) is 14.8. The molecule has 0 nitrogen and oxygen atoms in total. The standard InChI is InChI=1S/2C17H14P.4ClH.Fe.Re/c2*1-3-9-15(10-4-1)18(17-13-7-8-14-17)16-11-5-2-6-12-16;;;;;;/h2*1-14H;4*1H;;/q2*-1;;;;;+3;/p-4. The Balaban J connectivity index is 0. The van der Waals surface area contributed by atoms with Gasteiger partial charge in [-0.05, 0) is 37.1 Å². The predicted octanol–water partition coefficient (Wildman–Crippen LogP) is -5.66. The number of benzene rings is 4. The third-order valence-corrected chi connectivity index (χ3v) is 10.8. The number of hydrogen-bond acceptors (Lipinski definition) is 0. The molecule has 0 aromatic heterocycles. The van der Waals surface area contributed by atoms with E-state index >= 15 is 0 Å². The van der Waals surface area contributed by atoms with Crippen molar-refractivity contribution >= 4 is 47.7 Å². The molecular weight excluding hydrogens is 854 g/mol. The van der Waals surface area contributed by atoms with Gasteiger partial charge in [-0.15, -0.1) is 10.6 Å². The second kappa shape index (κ2) is 23.2. The SMILES string of the molecule is [Cl-].[Cl-].[Cl-].[Cl-].[Fe+3].[Re].c1ccc(P(c2ccccc2)c2ccc[cH-]2)cc1.c1ccc(P(c2ccccc2)c2ccc[cH-]2)cc1. The van der Waals surface area contributed by atoms with Crippen molar-refractivity contribution in [1.29, 1.82) is 0 Å². The zero-order valence-corrected chi connectivity index (χ0v) is 30.9. The van der Waals surface area contributed by atoms with Crippen LogP contribution in [0.4, 0.5) is 0 Å². The van der Waals surface area contributed by atoms with Crippen LogP contribution in [0.25, 0.3) is 0 Å². The van der Waals surface area contributed by atoms with Crippen LogP contribution >= 0.6 is 15.8 Å². The first kappa shape index (κ1) is 42.9. The van der Waals surface area contributed by atoms with Crippen molar-refractivity contribution in [2.24, 2.45) is 0 Å². The van der Waals surface area contributed by atoms with E-state index in [1.807, 2.05) is 0 Å². The Morgan fingerprint density at radius 2 is 0.571 bits per heavy atom. The summed E-state index contributed by atoms with van der Waals surface area (Å²) in [7, 11) is -0.818. The zero-order chi connectivity index (χ0) is 24.4. The molecule has 0 amide bonds. The quantitative estimate of drug-likeness (QED) is 0.0892. The molecule has 0 aliphatic rings. The molecule has 6 aromatic carbocycles. The molecule has 6 aromatic rings. The van der Waals surface area contributed by atoms with Crippen LogP contribution in [0.3, 0.4) is 0 Å². The van der Waals surface area contributed by atoms with Gasteiger partial charge in [-0.2, -0.15) is 24.3 Å². The van der Waals surface area contributed by atoms with Gasteiger partial charge in [0, 0.05) is 20.4 Å². The van der Waals surface area contributed by atoms with Crippen molar-refractivity contribution in [2.75, 3.05) is 0 Å². The summed E-state index contributed by atoms with van der Waals surface area (Å²) in [6.07, 6.45) is 0. The monoisotopic (exact) mass is 881 g/mol. The summed E-state index contributed by atoms with van der Waals surface area (Å²) in [5.41, 5.74) is 0. The molecule has 0 saturated heterocycles. The van der Waals surface area contributed by atoms with Gasteiger partial charge in [0.2, 0.25) is 0 Å². The summed E-state index contributed by atoms with van der Waals surface area (Å²) in [6.45, 7) is 0. The van der Waals surface area contributed by atoms with Crippen LogP contribution < -0.4 is 81.5 Å². The first-order valence-electron chi connectivity index (χ1n) is 12.1. The minimum Gasteiger partial charge on any atom is -1.00 e. The van der Waals surface area contributed by atoms with Gasteiger partial charge in [-0.1, -0.05) is 121 Å².